The van der Waals surface area contributed by atoms with Crippen LogP contribution in [0.15, 0.2) is 146 Å². The predicted octanol–water partition coefficient (Wildman–Crippen LogP) is 5.17. The van der Waals surface area contributed by atoms with E-state index in [1.54, 1.807) is 63.8 Å². The molecule has 1 amide bonds. The van der Waals surface area contributed by atoms with E-state index in [2.05, 4.69) is 72.2 Å². The van der Waals surface area contributed by atoms with E-state index in [9.17, 15) is 10.1 Å². The van der Waals surface area contributed by atoms with E-state index in [1.165, 1.54) is 0 Å². The number of benzene rings is 4. The fraction of sp³-hybridized carbons (Fsp3) is 0.200. The molecule has 0 aliphatic carbocycles. The van der Waals surface area contributed by atoms with Gasteiger partial charge in [-0.1, -0.05) is 60.7 Å². The number of nitrogens with two attached hydrogens (primary N) is 1. The zero-order chi connectivity index (χ0) is 43.2. The fourth-order valence-corrected chi connectivity index (χ4v) is 7.44. The number of para-hydroxylation sites is 2. The molecule has 6 heterocycles. The van der Waals surface area contributed by atoms with Crippen molar-refractivity contribution in [1.82, 2.24) is 29.9 Å². The first-order valence-electron chi connectivity index (χ1n) is 20.5. The third kappa shape index (κ3) is 11.4. The smallest absolute Gasteiger partial charge is 0.870 e. The van der Waals surface area contributed by atoms with Gasteiger partial charge in [-0.05, 0) is 81.4 Å². The molecule has 8 aromatic rings. The third-order valence-corrected chi connectivity index (χ3v) is 10.5. The topological polar surface area (TPSA) is 201 Å². The van der Waals surface area contributed by atoms with Crippen LogP contribution in [0.1, 0.15) is 59.9 Å². The Morgan fingerprint density at radius 3 is 1.55 bits per heavy atom. The summed E-state index contributed by atoms with van der Waals surface area (Å²) in [6.07, 6.45) is 6.84. The van der Waals surface area contributed by atoms with E-state index < -0.39 is 11.5 Å². The van der Waals surface area contributed by atoms with Crippen molar-refractivity contribution in [2.75, 3.05) is 36.0 Å². The van der Waals surface area contributed by atoms with Crippen LogP contribution in [-0.2, 0) is 0 Å². The number of nitrogens with zero attached hydrogens (tertiary/aromatic N) is 9. The maximum absolute atomic E-state index is 11.5. The van der Waals surface area contributed by atoms with Crippen LogP contribution in [0.25, 0.3) is 44.3 Å². The van der Waals surface area contributed by atoms with Gasteiger partial charge in [-0.25, -0.2) is 9.97 Å². The standard InChI is InChI=1S/C23H19N5O.C23H17N5.C4H10O.K.H2O/c24-23(29)17-6-3-5-16(12-17)21-22(26-11-10-25-21)18-13-28(14-18)20-9-8-15-4-1-2-7-19(15)27-20;24-13-16-4-3-6-18(12-16)22-23(26-11-10-25-22)19-14-28(15-19)21-9-8-17-5-1-2-7-20(17)27-21;1-4(2,3)5;;/h1-12,18H,13-14H2,(H2,24,29);1-12,19H,14-15H2;5H,1-3H3;;1H2/q;;;+1;/p-1. The zero-order valence-corrected chi connectivity index (χ0v) is 39.4. The van der Waals surface area contributed by atoms with Crippen molar-refractivity contribution < 1.29 is 66.8 Å². The molecule has 0 spiro atoms. The van der Waals surface area contributed by atoms with E-state index >= 15 is 0 Å². The van der Waals surface area contributed by atoms with Gasteiger partial charge in [0.05, 0.1) is 51.0 Å². The van der Waals surface area contributed by atoms with Gasteiger partial charge in [0.2, 0.25) is 5.91 Å². The van der Waals surface area contributed by atoms with E-state index in [0.29, 0.717) is 17.0 Å². The summed E-state index contributed by atoms with van der Waals surface area (Å²) >= 11 is 0. The Kier molecular flexibility index (Phi) is 15.6. The Balaban J connectivity index is 0.000000187. The number of hydrogen-bond donors (Lipinski definition) is 2. The van der Waals surface area contributed by atoms with E-state index in [0.717, 1.165) is 93.5 Å². The molecule has 316 valence electrons. The molecule has 2 aliphatic rings. The number of rotatable bonds is 7. The minimum atomic E-state index is -0.500. The molecule has 14 heteroatoms. The zero-order valence-electron chi connectivity index (χ0n) is 36.2. The summed E-state index contributed by atoms with van der Waals surface area (Å²) in [5.74, 6) is 2.06. The van der Waals surface area contributed by atoms with Crippen LogP contribution in [0, 0.1) is 11.3 Å². The van der Waals surface area contributed by atoms with E-state index in [1.807, 2.05) is 66.7 Å². The number of pyridine rings is 2. The van der Waals surface area contributed by atoms with Gasteiger partial charge in [0.25, 0.3) is 0 Å². The van der Waals surface area contributed by atoms with Gasteiger partial charge < -0.3 is 26.1 Å². The molecular formula is C50H47KN10O3. The summed E-state index contributed by atoms with van der Waals surface area (Å²) in [6, 6.07) is 41.6. The Hall–Kier alpha value is -6.02. The monoisotopic (exact) mass is 874 g/mol. The summed E-state index contributed by atoms with van der Waals surface area (Å²) in [5, 5.41) is 20.0. The first-order valence-corrected chi connectivity index (χ1v) is 20.5. The van der Waals surface area contributed by atoms with Gasteiger partial charge in [-0.2, -0.15) is 5.26 Å². The second kappa shape index (κ2) is 21.1. The largest absolute Gasteiger partial charge is 1.00 e. The van der Waals surface area contributed by atoms with Gasteiger partial charge in [-0.15, -0.1) is 0 Å². The summed E-state index contributed by atoms with van der Waals surface area (Å²) < 4.78 is 0. The van der Waals surface area contributed by atoms with Gasteiger partial charge in [0.1, 0.15) is 11.6 Å². The van der Waals surface area contributed by atoms with Crippen LogP contribution >= 0.6 is 0 Å². The van der Waals surface area contributed by atoms with Crippen LogP contribution in [0.2, 0.25) is 0 Å². The number of hydrogen-bond acceptors (Lipinski definition) is 12. The second-order valence-electron chi connectivity index (χ2n) is 16.3. The van der Waals surface area contributed by atoms with E-state index in [-0.39, 0.29) is 62.8 Å². The van der Waals surface area contributed by atoms with Crippen molar-refractivity contribution >= 4 is 39.3 Å². The van der Waals surface area contributed by atoms with Gasteiger partial charge in [0, 0.05) is 90.3 Å². The minimum Gasteiger partial charge on any atom is -0.870 e. The Morgan fingerprint density at radius 1 is 0.641 bits per heavy atom. The van der Waals surface area contributed by atoms with Crippen LogP contribution in [0.5, 0.6) is 0 Å². The number of carbonyl (C=O) groups excluding carboxylic acids is 1. The van der Waals surface area contributed by atoms with Crippen LogP contribution in [-0.4, -0.2) is 78.2 Å². The van der Waals surface area contributed by atoms with Crippen LogP contribution < -0.4 is 66.9 Å². The summed E-state index contributed by atoms with van der Waals surface area (Å²) in [7, 11) is 0. The second-order valence-corrected chi connectivity index (χ2v) is 16.3. The SMILES string of the molecule is CC(C)(C)O.N#Cc1cccc(-c2nccnc2C2CN(c3ccc4ccccc4n3)C2)c1.NC(=O)c1cccc(-c2nccnc2C2CN(c3ccc4ccccc4n3)C2)c1.[K+].[OH-]. The molecule has 2 aliphatic heterocycles. The normalized spacial score (nSPS) is 13.4. The molecule has 0 unspecified atom stereocenters. The van der Waals surface area contributed by atoms with Crippen molar-refractivity contribution in [2.45, 2.75) is 38.2 Å². The number of anilines is 2. The van der Waals surface area contributed by atoms with Gasteiger partial charge in [-0.3, -0.25) is 24.7 Å². The Bertz CT molecular complexity index is 2920. The summed E-state index contributed by atoms with van der Waals surface area (Å²) in [5.41, 5.74) is 13.4. The summed E-state index contributed by atoms with van der Waals surface area (Å²) in [4.78, 5) is 43.9. The maximum atomic E-state index is 11.5. The molecule has 64 heavy (non-hydrogen) atoms. The molecule has 2 fully saturated rings. The van der Waals surface area contributed by atoms with Gasteiger partial charge in [0.15, 0.2) is 0 Å². The average Bonchev–Trinajstić information content (AvgIpc) is 3.25. The van der Waals surface area contributed by atoms with Crippen molar-refractivity contribution in [3.05, 3.63) is 169 Å². The first kappa shape index (κ1) is 47.5. The van der Waals surface area contributed by atoms with Crippen molar-refractivity contribution in [3.63, 3.8) is 0 Å². The number of fused-ring (bicyclic) bond motifs is 2. The average molecular weight is 875 g/mol. The summed E-state index contributed by atoms with van der Waals surface area (Å²) in [6.45, 7) is 8.59. The quantitative estimate of drug-likeness (QED) is 0.200. The molecular weight excluding hydrogens is 828 g/mol. The maximum Gasteiger partial charge on any atom is 1.00 e. The van der Waals surface area contributed by atoms with Crippen LogP contribution in [0.4, 0.5) is 11.6 Å². The number of primary amides is 1. The van der Waals surface area contributed by atoms with Crippen LogP contribution in [0.3, 0.4) is 0 Å². The van der Waals surface area contributed by atoms with E-state index in [4.69, 9.17) is 20.8 Å². The number of aliphatic hydroxyl groups is 1. The Morgan fingerprint density at radius 2 is 1.08 bits per heavy atom. The van der Waals surface area contributed by atoms with Crippen molar-refractivity contribution in [3.8, 4) is 28.6 Å². The van der Waals surface area contributed by atoms with Crippen molar-refractivity contribution in [2.24, 2.45) is 5.73 Å². The van der Waals surface area contributed by atoms with Crippen molar-refractivity contribution in [1.29, 1.82) is 5.26 Å². The molecule has 0 atom stereocenters. The van der Waals surface area contributed by atoms with Gasteiger partial charge >= 0.3 is 51.4 Å². The molecule has 13 nitrogen and oxygen atoms in total. The molecule has 0 radical (unpaired) electrons. The molecule has 0 saturated carbocycles. The predicted molar refractivity (Wildman–Crippen MR) is 245 cm³/mol. The molecule has 0 bridgehead atoms. The molecule has 4 aromatic carbocycles. The molecule has 2 saturated heterocycles. The fourth-order valence-electron chi connectivity index (χ4n) is 7.44. The number of carbonyl (C=O) groups is 1. The number of nitriles is 1. The minimum absolute atomic E-state index is 0. The number of aromatic nitrogens is 6. The molecule has 4 N–H and O–H groups in total. The number of amides is 1. The third-order valence-electron chi connectivity index (χ3n) is 10.5. The Labute approximate surface area is 414 Å². The molecule has 10 rings (SSSR count). The first-order chi connectivity index (χ1) is 30.0. The molecule has 4 aromatic heterocycles.